The summed E-state index contributed by atoms with van der Waals surface area (Å²) in [7, 11) is 0. The van der Waals surface area contributed by atoms with E-state index in [1.165, 1.54) is 47.0 Å². The summed E-state index contributed by atoms with van der Waals surface area (Å²) in [5.74, 6) is -3.08. The molecule has 2 unspecified atom stereocenters. The maximum absolute atomic E-state index is 13.5. The predicted molar refractivity (Wildman–Crippen MR) is 173 cm³/mol. The van der Waals surface area contributed by atoms with Crippen molar-refractivity contribution in [3.63, 3.8) is 0 Å². The number of carbonyl (C=O) groups is 2. The summed E-state index contributed by atoms with van der Waals surface area (Å²) in [4.78, 5) is 24.2. The van der Waals surface area contributed by atoms with Crippen molar-refractivity contribution in [3.05, 3.63) is 138 Å². The molecule has 0 amide bonds. The Morgan fingerprint density at radius 3 is 1.93 bits per heavy atom. The van der Waals surface area contributed by atoms with Gasteiger partial charge in [0.05, 0.1) is 6.61 Å². The lowest BCUT2D eigenvalue weighted by molar-refractivity contribution is -0.134. The lowest BCUT2D eigenvalue weighted by Gasteiger charge is -2.56. The number of hydrogen-bond donors (Lipinski definition) is 2. The van der Waals surface area contributed by atoms with E-state index < -0.39 is 11.9 Å². The molecule has 7 rings (SSSR count). The highest BCUT2D eigenvalue weighted by atomic mass is 19.1. The molecule has 4 aromatic rings. The number of carboxylic acids is 2. The van der Waals surface area contributed by atoms with Crippen molar-refractivity contribution in [2.75, 3.05) is 32.8 Å². The Labute approximate surface area is 266 Å². The van der Waals surface area contributed by atoms with Crippen molar-refractivity contribution in [2.24, 2.45) is 0 Å². The fourth-order valence-corrected chi connectivity index (χ4v) is 5.98. The Balaban J connectivity index is 0.000000463. The number of ether oxygens (including phenoxy) is 1. The number of carboxylic acid groups (broad SMARTS) is 2. The van der Waals surface area contributed by atoms with Crippen LogP contribution in [0.25, 0.3) is 16.8 Å². The van der Waals surface area contributed by atoms with E-state index in [-0.39, 0.29) is 17.7 Å². The molecule has 4 aromatic carbocycles. The van der Waals surface area contributed by atoms with Gasteiger partial charge in [-0.25, -0.2) is 18.4 Å². The lowest BCUT2D eigenvalue weighted by atomic mass is 9.87. The summed E-state index contributed by atoms with van der Waals surface area (Å²) in [6.45, 7) is 4.46. The number of piperidine rings is 1. The number of halogens is 2. The fraction of sp³-hybridized carbons (Fsp3) is 0.243. The number of fused-ring (bicyclic) bond motifs is 3. The summed E-state index contributed by atoms with van der Waals surface area (Å²) in [5, 5.41) is 18.2. The van der Waals surface area contributed by atoms with E-state index in [0.29, 0.717) is 30.8 Å². The number of piperazine rings is 1. The van der Waals surface area contributed by atoms with Crippen LogP contribution >= 0.6 is 0 Å². The summed E-state index contributed by atoms with van der Waals surface area (Å²) in [5.41, 5.74) is 2.97. The third-order valence-electron chi connectivity index (χ3n) is 8.23. The quantitative estimate of drug-likeness (QED) is 0.186. The highest BCUT2D eigenvalue weighted by Crippen LogP contribution is 2.32. The predicted octanol–water partition coefficient (Wildman–Crippen LogP) is 6.41. The van der Waals surface area contributed by atoms with Crippen molar-refractivity contribution < 1.29 is 33.3 Å². The van der Waals surface area contributed by atoms with Gasteiger partial charge in [0.15, 0.2) is 0 Å². The molecular formula is C37H36F2N2O5. The molecule has 9 heteroatoms. The summed E-state index contributed by atoms with van der Waals surface area (Å²) >= 11 is 0. The fourth-order valence-electron chi connectivity index (χ4n) is 5.98. The molecule has 0 spiro atoms. The Morgan fingerprint density at radius 1 is 0.804 bits per heavy atom. The second kappa shape index (κ2) is 15.5. The van der Waals surface area contributed by atoms with Gasteiger partial charge in [0, 0.05) is 50.4 Å². The Hall–Kier alpha value is -4.70. The number of nitrogens with zero attached hydrogens (tertiary/aromatic N) is 2. The van der Waals surface area contributed by atoms with Gasteiger partial charge in [-0.3, -0.25) is 9.80 Å². The van der Waals surface area contributed by atoms with E-state index >= 15 is 0 Å². The lowest BCUT2D eigenvalue weighted by Crippen LogP contribution is -2.68. The van der Waals surface area contributed by atoms with Gasteiger partial charge in [-0.05, 0) is 64.2 Å². The molecule has 3 aliphatic rings. The monoisotopic (exact) mass is 626 g/mol. The molecule has 2 bridgehead atoms. The van der Waals surface area contributed by atoms with Crippen LogP contribution in [0.3, 0.4) is 0 Å². The van der Waals surface area contributed by atoms with E-state index in [1.54, 1.807) is 24.3 Å². The summed E-state index contributed by atoms with van der Waals surface area (Å²) in [6.07, 6.45) is 6.54. The van der Waals surface area contributed by atoms with Crippen LogP contribution in [0.5, 0.6) is 0 Å². The number of rotatable bonds is 11. The highest BCUT2D eigenvalue weighted by molar-refractivity contribution is 5.89. The molecule has 2 N–H and O–H groups in total. The molecule has 2 atom stereocenters. The third kappa shape index (κ3) is 8.94. The van der Waals surface area contributed by atoms with Crippen LogP contribution in [0.15, 0.2) is 109 Å². The van der Waals surface area contributed by atoms with Gasteiger partial charge in [0.1, 0.15) is 17.7 Å². The molecule has 3 saturated heterocycles. The zero-order chi connectivity index (χ0) is 32.5. The second-order valence-corrected chi connectivity index (χ2v) is 11.4. The summed E-state index contributed by atoms with van der Waals surface area (Å²) in [6, 6.07) is 29.0. The average Bonchev–Trinajstić information content (AvgIpc) is 3.05. The Morgan fingerprint density at radius 2 is 1.37 bits per heavy atom. The first-order valence-electron chi connectivity index (χ1n) is 15.1. The van der Waals surface area contributed by atoms with Crippen molar-refractivity contribution in [1.29, 1.82) is 0 Å². The van der Waals surface area contributed by atoms with E-state index in [4.69, 9.17) is 14.9 Å². The largest absolute Gasteiger partial charge is 0.478 e. The van der Waals surface area contributed by atoms with Gasteiger partial charge in [-0.2, -0.15) is 0 Å². The SMILES string of the molecule is Fc1ccc(C(OCCN2CC3CC(C2)N3C/C=C/c2ccc3ccccc3c2)c2ccc(F)cc2)cc1.O=C(O)/C=C/C(=O)O. The first kappa shape index (κ1) is 32.7. The van der Waals surface area contributed by atoms with Crippen molar-refractivity contribution in [1.82, 2.24) is 9.80 Å². The van der Waals surface area contributed by atoms with Crippen LogP contribution in [0.1, 0.15) is 29.2 Å². The molecule has 3 fully saturated rings. The zero-order valence-corrected chi connectivity index (χ0v) is 25.2. The van der Waals surface area contributed by atoms with Crippen LogP contribution in [-0.4, -0.2) is 76.8 Å². The molecule has 0 saturated carbocycles. The summed E-state index contributed by atoms with van der Waals surface area (Å²) < 4.78 is 33.3. The minimum Gasteiger partial charge on any atom is -0.478 e. The van der Waals surface area contributed by atoms with Crippen LogP contribution in [0.2, 0.25) is 0 Å². The first-order chi connectivity index (χ1) is 22.2. The molecule has 7 nitrogen and oxygen atoms in total. The number of aliphatic carboxylic acids is 2. The van der Waals surface area contributed by atoms with Gasteiger partial charge < -0.3 is 14.9 Å². The Bertz CT molecular complexity index is 1620. The third-order valence-corrected chi connectivity index (χ3v) is 8.23. The van der Waals surface area contributed by atoms with Crippen LogP contribution in [0, 0.1) is 11.6 Å². The van der Waals surface area contributed by atoms with Gasteiger partial charge in [0.25, 0.3) is 0 Å². The molecular weight excluding hydrogens is 590 g/mol. The molecule has 0 aliphatic carbocycles. The van der Waals surface area contributed by atoms with Gasteiger partial charge in [0.2, 0.25) is 0 Å². The molecule has 0 aromatic heterocycles. The van der Waals surface area contributed by atoms with Crippen LogP contribution < -0.4 is 0 Å². The smallest absolute Gasteiger partial charge is 0.328 e. The maximum atomic E-state index is 13.5. The molecule has 46 heavy (non-hydrogen) atoms. The molecule has 3 aliphatic heterocycles. The standard InChI is InChI=1S/C33H32F2N2O.C4H4O4/c34-29-13-9-26(10-14-29)33(27-11-15-30(35)16-12-27)38-19-18-36-22-31-21-32(23-36)37(31)17-3-4-24-7-8-25-5-1-2-6-28(25)20-24;5-3(6)1-2-4(7)8/h1-16,20,31-33H,17-19,21-23H2;1-2H,(H,5,6)(H,7,8)/b4-3+;2-1+. The maximum Gasteiger partial charge on any atom is 0.328 e. The topological polar surface area (TPSA) is 90.3 Å². The van der Waals surface area contributed by atoms with Crippen molar-refractivity contribution in [3.8, 4) is 0 Å². The highest BCUT2D eigenvalue weighted by Gasteiger charge is 2.43. The molecule has 3 heterocycles. The zero-order valence-electron chi connectivity index (χ0n) is 25.2. The molecule has 0 radical (unpaired) electrons. The molecule has 238 valence electrons. The number of benzene rings is 4. The van der Waals surface area contributed by atoms with E-state index in [1.807, 2.05) is 0 Å². The van der Waals surface area contributed by atoms with Crippen molar-refractivity contribution >= 4 is 28.8 Å². The van der Waals surface area contributed by atoms with Gasteiger partial charge >= 0.3 is 11.9 Å². The van der Waals surface area contributed by atoms with Crippen molar-refractivity contribution in [2.45, 2.75) is 24.6 Å². The number of hydrogen-bond acceptors (Lipinski definition) is 5. The first-order valence-corrected chi connectivity index (χ1v) is 15.1. The van der Waals surface area contributed by atoms with E-state index in [0.717, 1.165) is 37.3 Å². The average molecular weight is 627 g/mol. The van der Waals surface area contributed by atoms with Gasteiger partial charge in [-0.15, -0.1) is 0 Å². The second-order valence-electron chi connectivity index (χ2n) is 11.4. The van der Waals surface area contributed by atoms with Crippen LogP contribution in [-0.2, 0) is 14.3 Å². The minimum atomic E-state index is -1.26. The van der Waals surface area contributed by atoms with E-state index in [9.17, 15) is 18.4 Å². The van der Waals surface area contributed by atoms with Crippen LogP contribution in [0.4, 0.5) is 8.78 Å². The van der Waals surface area contributed by atoms with Gasteiger partial charge in [-0.1, -0.05) is 72.8 Å². The minimum absolute atomic E-state index is 0.282. The van der Waals surface area contributed by atoms with E-state index in [2.05, 4.69) is 64.4 Å². The normalized spacial score (nSPS) is 18.1. The Kier molecular flexibility index (Phi) is 11.0.